The molecule has 6 heteroatoms. The van der Waals surface area contributed by atoms with Gasteiger partial charge in [-0.1, -0.05) is 6.07 Å². The lowest BCUT2D eigenvalue weighted by Crippen LogP contribution is -2.30. The molecular weight excluding hydrogens is 236 g/mol. The van der Waals surface area contributed by atoms with Gasteiger partial charge in [-0.2, -0.15) is 0 Å². The zero-order valence-corrected chi connectivity index (χ0v) is 10.0. The van der Waals surface area contributed by atoms with Gasteiger partial charge in [-0.3, -0.25) is 14.9 Å². The number of aryl methyl sites for hydroxylation is 1. The molecular formula is C12H14N2O4. The molecule has 1 aromatic carbocycles. The molecule has 6 nitrogen and oxygen atoms in total. The molecule has 1 aromatic rings. The zero-order valence-electron chi connectivity index (χ0n) is 10.0. The van der Waals surface area contributed by atoms with Gasteiger partial charge in [0.1, 0.15) is 0 Å². The first kappa shape index (κ1) is 12.3. The van der Waals surface area contributed by atoms with Crippen LogP contribution in [0.2, 0.25) is 0 Å². The number of nitro benzene ring substituents is 1. The maximum Gasteiger partial charge on any atom is 0.311 e. The number of nitrogens with one attached hydrogen (secondary N) is 1. The molecule has 96 valence electrons. The lowest BCUT2D eigenvalue weighted by molar-refractivity contribution is -0.385. The summed E-state index contributed by atoms with van der Waals surface area (Å²) < 4.78 is 5.19. The van der Waals surface area contributed by atoms with Crippen molar-refractivity contribution in [3.8, 4) is 5.75 Å². The Morgan fingerprint density at radius 3 is 2.89 bits per heavy atom. The minimum Gasteiger partial charge on any atom is -0.477 e. The first-order valence-corrected chi connectivity index (χ1v) is 5.73. The van der Waals surface area contributed by atoms with Crippen LogP contribution in [0, 0.1) is 17.0 Å². The van der Waals surface area contributed by atoms with E-state index in [2.05, 4.69) is 5.32 Å². The van der Waals surface area contributed by atoms with Crippen LogP contribution < -0.4 is 10.1 Å². The minimum atomic E-state index is -0.513. The van der Waals surface area contributed by atoms with E-state index in [0.29, 0.717) is 0 Å². The van der Waals surface area contributed by atoms with E-state index in [0.717, 1.165) is 18.4 Å². The van der Waals surface area contributed by atoms with Crippen molar-refractivity contribution in [3.05, 3.63) is 33.9 Å². The third-order valence-electron chi connectivity index (χ3n) is 2.61. The number of benzene rings is 1. The summed E-state index contributed by atoms with van der Waals surface area (Å²) in [6.07, 6.45) is 1.99. The van der Waals surface area contributed by atoms with Crippen molar-refractivity contribution < 1.29 is 14.5 Å². The van der Waals surface area contributed by atoms with Gasteiger partial charge in [-0.15, -0.1) is 0 Å². The van der Waals surface area contributed by atoms with Crippen molar-refractivity contribution in [2.45, 2.75) is 25.8 Å². The monoisotopic (exact) mass is 250 g/mol. The molecule has 18 heavy (non-hydrogen) atoms. The molecule has 0 aromatic heterocycles. The van der Waals surface area contributed by atoms with E-state index >= 15 is 0 Å². The molecule has 2 rings (SSSR count). The average Bonchev–Trinajstić information content (AvgIpc) is 3.11. The highest BCUT2D eigenvalue weighted by molar-refractivity contribution is 5.78. The smallest absolute Gasteiger partial charge is 0.311 e. The van der Waals surface area contributed by atoms with Gasteiger partial charge < -0.3 is 10.1 Å². The number of nitrogens with zero attached hydrogens (tertiary/aromatic N) is 1. The first-order valence-electron chi connectivity index (χ1n) is 5.73. The second-order valence-electron chi connectivity index (χ2n) is 4.36. The van der Waals surface area contributed by atoms with Crippen molar-refractivity contribution in [1.82, 2.24) is 5.32 Å². The van der Waals surface area contributed by atoms with Gasteiger partial charge in [-0.05, 0) is 31.4 Å². The molecule has 0 heterocycles. The number of amides is 1. The number of hydrogen-bond acceptors (Lipinski definition) is 4. The predicted molar refractivity (Wildman–Crippen MR) is 64.5 cm³/mol. The van der Waals surface area contributed by atoms with Crippen molar-refractivity contribution in [2.24, 2.45) is 0 Å². The summed E-state index contributed by atoms with van der Waals surface area (Å²) in [5.41, 5.74) is 0.658. The summed E-state index contributed by atoms with van der Waals surface area (Å²) in [6, 6.07) is 4.90. The molecule has 0 radical (unpaired) electrons. The van der Waals surface area contributed by atoms with Gasteiger partial charge in [0, 0.05) is 12.1 Å². The van der Waals surface area contributed by atoms with Gasteiger partial charge in [0.05, 0.1) is 4.92 Å². The van der Waals surface area contributed by atoms with Gasteiger partial charge >= 0.3 is 5.69 Å². The second kappa shape index (κ2) is 5.03. The Morgan fingerprint density at radius 2 is 2.28 bits per heavy atom. The maximum absolute atomic E-state index is 11.4. The van der Waals surface area contributed by atoms with Crippen molar-refractivity contribution in [3.63, 3.8) is 0 Å². The molecule has 1 aliphatic rings. The van der Waals surface area contributed by atoms with Crippen LogP contribution in [0.4, 0.5) is 5.69 Å². The molecule has 1 aliphatic carbocycles. The van der Waals surface area contributed by atoms with Crippen LogP contribution in [0.3, 0.4) is 0 Å². The molecule has 0 atom stereocenters. The van der Waals surface area contributed by atoms with Gasteiger partial charge in [-0.25, -0.2) is 0 Å². The Morgan fingerprint density at radius 1 is 1.56 bits per heavy atom. The Bertz CT molecular complexity index is 483. The summed E-state index contributed by atoms with van der Waals surface area (Å²) in [4.78, 5) is 21.7. The Balaban J connectivity index is 1.99. The quantitative estimate of drug-likeness (QED) is 0.635. The van der Waals surface area contributed by atoms with E-state index in [9.17, 15) is 14.9 Å². The predicted octanol–water partition coefficient (Wildman–Crippen LogP) is 1.56. The van der Waals surface area contributed by atoms with Crippen molar-refractivity contribution in [2.75, 3.05) is 6.61 Å². The molecule has 1 amide bonds. The fourth-order valence-electron chi connectivity index (χ4n) is 1.53. The zero-order chi connectivity index (χ0) is 13.1. The van der Waals surface area contributed by atoms with E-state index in [4.69, 9.17) is 4.74 Å². The van der Waals surface area contributed by atoms with Gasteiger partial charge in [0.2, 0.25) is 0 Å². The molecule has 0 aliphatic heterocycles. The summed E-state index contributed by atoms with van der Waals surface area (Å²) in [5, 5.41) is 13.6. The van der Waals surface area contributed by atoms with E-state index < -0.39 is 4.92 Å². The topological polar surface area (TPSA) is 81.5 Å². The Hall–Kier alpha value is -2.11. The minimum absolute atomic E-state index is 0.116. The summed E-state index contributed by atoms with van der Waals surface area (Å²) >= 11 is 0. The summed E-state index contributed by atoms with van der Waals surface area (Å²) in [6.45, 7) is 1.57. The third-order valence-corrected chi connectivity index (χ3v) is 2.61. The highest BCUT2D eigenvalue weighted by atomic mass is 16.6. The molecule has 0 spiro atoms. The van der Waals surface area contributed by atoms with E-state index in [-0.39, 0.29) is 30.0 Å². The number of carbonyl (C=O) groups is 1. The highest BCUT2D eigenvalue weighted by Crippen LogP contribution is 2.27. The van der Waals surface area contributed by atoms with Gasteiger partial charge in [0.25, 0.3) is 5.91 Å². The highest BCUT2D eigenvalue weighted by Gasteiger charge is 2.24. The molecule has 1 fully saturated rings. The fourth-order valence-corrected chi connectivity index (χ4v) is 1.53. The number of carbonyl (C=O) groups excluding carboxylic acids is 1. The maximum atomic E-state index is 11.4. The lowest BCUT2D eigenvalue weighted by Gasteiger charge is -2.07. The normalized spacial score (nSPS) is 14.1. The van der Waals surface area contributed by atoms with Gasteiger partial charge in [0.15, 0.2) is 12.4 Å². The Labute approximate surface area is 104 Å². The third kappa shape index (κ3) is 3.19. The fraction of sp³-hybridized carbons (Fsp3) is 0.417. The van der Waals surface area contributed by atoms with Crippen LogP contribution in [0.5, 0.6) is 5.75 Å². The van der Waals surface area contributed by atoms with Crippen LogP contribution in [0.15, 0.2) is 18.2 Å². The molecule has 0 unspecified atom stereocenters. The van der Waals surface area contributed by atoms with Crippen LogP contribution in [-0.4, -0.2) is 23.5 Å². The second-order valence-corrected chi connectivity index (χ2v) is 4.36. The summed E-state index contributed by atoms with van der Waals surface area (Å²) in [5.74, 6) is -0.121. The molecule has 1 saturated carbocycles. The van der Waals surface area contributed by atoms with E-state index in [1.807, 2.05) is 0 Å². The van der Waals surface area contributed by atoms with E-state index in [1.54, 1.807) is 13.0 Å². The van der Waals surface area contributed by atoms with E-state index in [1.165, 1.54) is 12.1 Å². The number of nitro groups is 1. The molecule has 0 saturated heterocycles. The SMILES string of the molecule is Cc1ccc(OCC(=O)NC2CC2)c([N+](=O)[O-])c1. The van der Waals surface area contributed by atoms with Crippen molar-refractivity contribution in [1.29, 1.82) is 0 Å². The number of ether oxygens (including phenoxy) is 1. The molecule has 0 bridgehead atoms. The van der Waals surface area contributed by atoms with Crippen LogP contribution in [-0.2, 0) is 4.79 Å². The largest absolute Gasteiger partial charge is 0.477 e. The first-order chi connectivity index (χ1) is 8.56. The standard InChI is InChI=1S/C12H14N2O4/c1-8-2-5-11(10(6-8)14(16)17)18-7-12(15)13-9-3-4-9/h2,5-6,9H,3-4,7H2,1H3,(H,13,15). The van der Waals surface area contributed by atoms with Crippen LogP contribution in [0.1, 0.15) is 18.4 Å². The lowest BCUT2D eigenvalue weighted by atomic mass is 10.2. The Kier molecular flexibility index (Phi) is 3.45. The van der Waals surface area contributed by atoms with Crippen molar-refractivity contribution >= 4 is 11.6 Å². The van der Waals surface area contributed by atoms with Crippen LogP contribution >= 0.6 is 0 Å². The number of rotatable bonds is 5. The average molecular weight is 250 g/mol. The number of hydrogen-bond donors (Lipinski definition) is 1. The summed E-state index contributed by atoms with van der Waals surface area (Å²) in [7, 11) is 0. The van der Waals surface area contributed by atoms with Crippen LogP contribution in [0.25, 0.3) is 0 Å². The molecule has 1 N–H and O–H groups in total.